The Morgan fingerprint density at radius 2 is 2.25 bits per heavy atom. The maximum Gasteiger partial charge on any atom is 0.212 e. The minimum atomic E-state index is -3.09. The predicted octanol–water partition coefficient (Wildman–Crippen LogP) is 1.09. The molecule has 16 heavy (non-hydrogen) atoms. The van der Waals surface area contributed by atoms with E-state index in [0.29, 0.717) is 0 Å². The summed E-state index contributed by atoms with van der Waals surface area (Å²) in [6.45, 7) is 5.86. The minimum absolute atomic E-state index is 0.0616. The summed E-state index contributed by atoms with van der Waals surface area (Å²) in [6.07, 6.45) is 4.03. The minimum Gasteiger partial charge on any atom is -0.316 e. The molecule has 1 rings (SSSR count). The standard InChI is InChI=1S/C11H24N2O2S/c1-3-5-10(2)13-16(14,15)9-11-6-4-7-12-8-11/h10-13H,3-9H2,1-2H3. The van der Waals surface area contributed by atoms with Crippen molar-refractivity contribution in [3.63, 3.8) is 0 Å². The molecule has 96 valence electrons. The Hall–Kier alpha value is -0.130. The third-order valence-electron chi connectivity index (χ3n) is 2.96. The van der Waals surface area contributed by atoms with Crippen LogP contribution >= 0.6 is 0 Å². The van der Waals surface area contributed by atoms with Crippen molar-refractivity contribution in [1.82, 2.24) is 10.0 Å². The van der Waals surface area contributed by atoms with E-state index in [0.717, 1.165) is 38.8 Å². The van der Waals surface area contributed by atoms with Crippen LogP contribution in [0.2, 0.25) is 0 Å². The first-order valence-electron chi connectivity index (χ1n) is 6.24. The van der Waals surface area contributed by atoms with E-state index in [1.165, 1.54) is 0 Å². The number of hydrogen-bond donors (Lipinski definition) is 2. The molecule has 2 unspecified atom stereocenters. The smallest absolute Gasteiger partial charge is 0.212 e. The SMILES string of the molecule is CCCC(C)NS(=O)(=O)CC1CCCNC1. The van der Waals surface area contributed by atoms with Gasteiger partial charge in [-0.2, -0.15) is 0 Å². The molecule has 0 aliphatic carbocycles. The quantitative estimate of drug-likeness (QED) is 0.740. The van der Waals surface area contributed by atoms with Gasteiger partial charge < -0.3 is 5.32 Å². The molecule has 1 aliphatic rings. The van der Waals surface area contributed by atoms with Gasteiger partial charge in [-0.25, -0.2) is 13.1 Å². The summed E-state index contributed by atoms with van der Waals surface area (Å²) in [5.74, 6) is 0.550. The van der Waals surface area contributed by atoms with Crippen molar-refractivity contribution in [2.24, 2.45) is 5.92 Å². The van der Waals surface area contributed by atoms with Gasteiger partial charge in [0.25, 0.3) is 0 Å². The van der Waals surface area contributed by atoms with Crippen LogP contribution in [0.4, 0.5) is 0 Å². The van der Waals surface area contributed by atoms with E-state index in [4.69, 9.17) is 0 Å². The zero-order chi connectivity index (χ0) is 12.0. The van der Waals surface area contributed by atoms with Crippen molar-refractivity contribution < 1.29 is 8.42 Å². The highest BCUT2D eigenvalue weighted by atomic mass is 32.2. The first-order chi connectivity index (χ1) is 7.53. The molecule has 0 spiro atoms. The Morgan fingerprint density at radius 1 is 1.50 bits per heavy atom. The average molecular weight is 248 g/mol. The highest BCUT2D eigenvalue weighted by molar-refractivity contribution is 7.89. The van der Waals surface area contributed by atoms with Crippen molar-refractivity contribution >= 4 is 10.0 Å². The van der Waals surface area contributed by atoms with Crippen molar-refractivity contribution in [2.45, 2.75) is 45.6 Å². The number of sulfonamides is 1. The van der Waals surface area contributed by atoms with Crippen LogP contribution in [-0.4, -0.2) is 33.3 Å². The van der Waals surface area contributed by atoms with E-state index in [-0.39, 0.29) is 17.7 Å². The van der Waals surface area contributed by atoms with Crippen LogP contribution in [0.1, 0.15) is 39.5 Å². The van der Waals surface area contributed by atoms with Crippen LogP contribution in [0.5, 0.6) is 0 Å². The molecule has 0 amide bonds. The summed E-state index contributed by atoms with van der Waals surface area (Å²) >= 11 is 0. The van der Waals surface area contributed by atoms with Gasteiger partial charge in [-0.3, -0.25) is 0 Å². The highest BCUT2D eigenvalue weighted by Gasteiger charge is 2.22. The first-order valence-corrected chi connectivity index (χ1v) is 7.89. The monoisotopic (exact) mass is 248 g/mol. The molecule has 2 atom stereocenters. The lowest BCUT2D eigenvalue weighted by Gasteiger charge is -2.23. The van der Waals surface area contributed by atoms with Crippen LogP contribution in [0.3, 0.4) is 0 Å². The van der Waals surface area contributed by atoms with E-state index < -0.39 is 10.0 Å². The Kier molecular flexibility index (Phi) is 5.72. The molecule has 0 aromatic rings. The van der Waals surface area contributed by atoms with Crippen LogP contribution in [0, 0.1) is 5.92 Å². The van der Waals surface area contributed by atoms with Crippen LogP contribution in [0.15, 0.2) is 0 Å². The lowest BCUT2D eigenvalue weighted by molar-refractivity contribution is 0.401. The molecular formula is C11H24N2O2S. The molecule has 5 heteroatoms. The Morgan fingerprint density at radius 3 is 2.81 bits per heavy atom. The van der Waals surface area contributed by atoms with Gasteiger partial charge in [-0.15, -0.1) is 0 Å². The summed E-state index contributed by atoms with van der Waals surface area (Å²) in [4.78, 5) is 0. The van der Waals surface area contributed by atoms with E-state index in [9.17, 15) is 8.42 Å². The zero-order valence-corrected chi connectivity index (χ0v) is 11.1. The topological polar surface area (TPSA) is 58.2 Å². The number of hydrogen-bond acceptors (Lipinski definition) is 3. The molecule has 4 nitrogen and oxygen atoms in total. The molecule has 1 aliphatic heterocycles. The highest BCUT2D eigenvalue weighted by Crippen LogP contribution is 2.12. The van der Waals surface area contributed by atoms with E-state index in [2.05, 4.69) is 17.0 Å². The van der Waals surface area contributed by atoms with Gasteiger partial charge in [0, 0.05) is 6.04 Å². The molecule has 0 aromatic carbocycles. The summed E-state index contributed by atoms with van der Waals surface area (Å²) < 4.78 is 26.4. The van der Waals surface area contributed by atoms with Gasteiger partial charge >= 0.3 is 0 Å². The third kappa shape index (κ3) is 5.27. The Bertz CT molecular complexity index is 284. The Balaban J connectivity index is 2.38. The Labute approximate surface area is 99.2 Å². The molecular weight excluding hydrogens is 224 g/mol. The molecule has 0 saturated carbocycles. The fourth-order valence-electron chi connectivity index (χ4n) is 2.22. The fraction of sp³-hybridized carbons (Fsp3) is 1.00. The van der Waals surface area contributed by atoms with Gasteiger partial charge in [0.05, 0.1) is 5.75 Å². The number of rotatable bonds is 6. The van der Waals surface area contributed by atoms with E-state index >= 15 is 0 Å². The van der Waals surface area contributed by atoms with Gasteiger partial charge in [-0.1, -0.05) is 13.3 Å². The number of piperidine rings is 1. The van der Waals surface area contributed by atoms with Crippen molar-refractivity contribution in [3.05, 3.63) is 0 Å². The molecule has 1 heterocycles. The molecule has 0 aromatic heterocycles. The van der Waals surface area contributed by atoms with Crippen LogP contribution < -0.4 is 10.0 Å². The third-order valence-corrected chi connectivity index (χ3v) is 4.63. The van der Waals surface area contributed by atoms with Crippen molar-refractivity contribution in [1.29, 1.82) is 0 Å². The van der Waals surface area contributed by atoms with Gasteiger partial charge in [-0.05, 0) is 45.2 Å². The van der Waals surface area contributed by atoms with Crippen molar-refractivity contribution in [3.8, 4) is 0 Å². The maximum atomic E-state index is 11.8. The zero-order valence-electron chi connectivity index (χ0n) is 10.3. The first kappa shape index (κ1) is 13.9. The van der Waals surface area contributed by atoms with Gasteiger partial charge in [0.1, 0.15) is 0 Å². The normalized spacial score (nSPS) is 24.2. The summed E-state index contributed by atoms with van der Waals surface area (Å²) in [7, 11) is -3.09. The molecule has 0 bridgehead atoms. The largest absolute Gasteiger partial charge is 0.316 e. The second kappa shape index (κ2) is 6.57. The second-order valence-electron chi connectivity index (χ2n) is 4.80. The lowest BCUT2D eigenvalue weighted by Crippen LogP contribution is -2.40. The van der Waals surface area contributed by atoms with Gasteiger partial charge in [0.2, 0.25) is 10.0 Å². The predicted molar refractivity (Wildman–Crippen MR) is 66.9 cm³/mol. The second-order valence-corrected chi connectivity index (χ2v) is 6.60. The van der Waals surface area contributed by atoms with E-state index in [1.807, 2.05) is 6.92 Å². The molecule has 0 radical (unpaired) electrons. The number of nitrogens with one attached hydrogen (secondary N) is 2. The van der Waals surface area contributed by atoms with Gasteiger partial charge in [0.15, 0.2) is 0 Å². The average Bonchev–Trinajstić information content (AvgIpc) is 2.17. The van der Waals surface area contributed by atoms with Crippen molar-refractivity contribution in [2.75, 3.05) is 18.8 Å². The fourth-order valence-corrected chi connectivity index (χ4v) is 3.96. The summed E-state index contributed by atoms with van der Waals surface area (Å²) in [6, 6.07) is 0.0616. The van der Waals surface area contributed by atoms with Crippen LogP contribution in [-0.2, 0) is 10.0 Å². The van der Waals surface area contributed by atoms with E-state index in [1.54, 1.807) is 0 Å². The lowest BCUT2D eigenvalue weighted by atomic mass is 10.0. The summed E-state index contributed by atoms with van der Waals surface area (Å²) in [5.41, 5.74) is 0. The van der Waals surface area contributed by atoms with Crippen LogP contribution in [0.25, 0.3) is 0 Å². The summed E-state index contributed by atoms with van der Waals surface area (Å²) in [5, 5.41) is 3.24. The molecule has 1 saturated heterocycles. The molecule has 1 fully saturated rings. The molecule has 2 N–H and O–H groups in total. The maximum absolute atomic E-state index is 11.8.